The maximum atomic E-state index is 5.55. The number of ether oxygens (including phenoxy) is 1. The fourth-order valence-corrected chi connectivity index (χ4v) is 1.65. The molecule has 0 saturated carbocycles. The Labute approximate surface area is 113 Å². The Hall–Kier alpha value is -2.97. The van der Waals surface area contributed by atoms with Crippen LogP contribution in [0.4, 0.5) is 5.95 Å². The van der Waals surface area contributed by atoms with Gasteiger partial charge in [-0.3, -0.25) is 0 Å². The predicted molar refractivity (Wildman–Crippen MR) is 67.5 cm³/mol. The number of aromatic nitrogens is 6. The number of nitrogens with zero attached hydrogens (tertiary/aromatic N) is 6. The maximum Gasteiger partial charge on any atom is 0.283 e. The van der Waals surface area contributed by atoms with E-state index in [0.717, 1.165) is 5.56 Å². The van der Waals surface area contributed by atoms with Crippen LogP contribution in [0.3, 0.4) is 0 Å². The third-order valence-corrected chi connectivity index (χ3v) is 2.61. The van der Waals surface area contributed by atoms with Crippen molar-refractivity contribution in [1.82, 2.24) is 30.5 Å². The molecule has 3 rings (SSSR count). The van der Waals surface area contributed by atoms with E-state index in [1.54, 1.807) is 0 Å². The van der Waals surface area contributed by atoms with Crippen LogP contribution in [0.25, 0.3) is 11.3 Å². The second-order valence-corrected chi connectivity index (χ2v) is 3.89. The first-order valence-corrected chi connectivity index (χ1v) is 5.87. The third kappa shape index (κ3) is 2.41. The summed E-state index contributed by atoms with van der Waals surface area (Å²) in [6, 6.07) is 9.50. The highest BCUT2D eigenvalue weighted by Crippen LogP contribution is 2.25. The van der Waals surface area contributed by atoms with E-state index in [1.807, 2.05) is 30.3 Å². The van der Waals surface area contributed by atoms with Crippen LogP contribution in [-0.2, 0) is 6.54 Å². The molecule has 0 bridgehead atoms. The van der Waals surface area contributed by atoms with Crippen molar-refractivity contribution in [1.29, 1.82) is 0 Å². The minimum atomic E-state index is 0.232. The fourth-order valence-electron chi connectivity index (χ4n) is 1.65. The van der Waals surface area contributed by atoms with Crippen LogP contribution in [0.15, 0.2) is 35.0 Å². The van der Waals surface area contributed by atoms with Gasteiger partial charge in [-0.2, -0.15) is 0 Å². The number of nitrogen functional groups attached to an aromatic ring is 1. The lowest BCUT2D eigenvalue weighted by Gasteiger charge is -2.04. The van der Waals surface area contributed by atoms with Crippen molar-refractivity contribution in [3.05, 3.63) is 30.3 Å². The van der Waals surface area contributed by atoms with Gasteiger partial charge >= 0.3 is 0 Å². The summed E-state index contributed by atoms with van der Waals surface area (Å²) in [5.74, 6) is 0.554. The molecule has 0 fully saturated rings. The van der Waals surface area contributed by atoms with E-state index in [2.05, 4.69) is 25.8 Å². The molecule has 102 valence electrons. The Morgan fingerprint density at radius 2 is 2.05 bits per heavy atom. The van der Waals surface area contributed by atoms with Crippen LogP contribution in [-0.4, -0.2) is 37.1 Å². The Morgan fingerprint density at radius 3 is 2.80 bits per heavy atom. The number of hydrogen-bond acceptors (Lipinski definition) is 8. The van der Waals surface area contributed by atoms with Crippen molar-refractivity contribution in [2.24, 2.45) is 0 Å². The molecule has 2 N–H and O–H groups in total. The number of tetrazole rings is 1. The monoisotopic (exact) mass is 273 g/mol. The highest BCUT2D eigenvalue weighted by molar-refractivity contribution is 5.63. The first-order valence-electron chi connectivity index (χ1n) is 5.87. The van der Waals surface area contributed by atoms with E-state index in [0.29, 0.717) is 24.7 Å². The zero-order chi connectivity index (χ0) is 13.8. The first kappa shape index (κ1) is 12.1. The number of rotatable bonds is 5. The van der Waals surface area contributed by atoms with Gasteiger partial charge in [-0.1, -0.05) is 35.4 Å². The molecule has 0 atom stereocenters. The number of anilines is 1. The van der Waals surface area contributed by atoms with Crippen molar-refractivity contribution in [3.63, 3.8) is 0 Å². The molecule has 0 aliphatic carbocycles. The average molecular weight is 273 g/mol. The lowest BCUT2D eigenvalue weighted by Crippen LogP contribution is -2.12. The molecular weight excluding hydrogens is 262 g/mol. The third-order valence-electron chi connectivity index (χ3n) is 2.61. The quantitative estimate of drug-likeness (QED) is 0.709. The summed E-state index contributed by atoms with van der Waals surface area (Å²) in [6.07, 6.45) is 0. The van der Waals surface area contributed by atoms with Gasteiger partial charge in [0, 0.05) is 5.56 Å². The first-order chi connectivity index (χ1) is 9.84. The Bertz CT molecular complexity index is 679. The number of benzene rings is 1. The molecule has 0 spiro atoms. The summed E-state index contributed by atoms with van der Waals surface area (Å²) in [4.78, 5) is 0. The zero-order valence-electron chi connectivity index (χ0n) is 10.4. The van der Waals surface area contributed by atoms with E-state index < -0.39 is 0 Å². The highest BCUT2D eigenvalue weighted by atomic mass is 16.6. The van der Waals surface area contributed by atoms with E-state index >= 15 is 0 Å². The van der Waals surface area contributed by atoms with E-state index in [9.17, 15) is 0 Å². The van der Waals surface area contributed by atoms with Crippen LogP contribution in [0, 0.1) is 0 Å². The van der Waals surface area contributed by atoms with Gasteiger partial charge in [0.2, 0.25) is 5.95 Å². The summed E-state index contributed by atoms with van der Waals surface area (Å²) >= 11 is 0. The zero-order valence-corrected chi connectivity index (χ0v) is 10.4. The van der Waals surface area contributed by atoms with Gasteiger partial charge in [-0.25, -0.2) is 9.31 Å². The summed E-state index contributed by atoms with van der Waals surface area (Å²) in [5.41, 5.74) is 6.96. The molecule has 0 radical (unpaired) electrons. The summed E-state index contributed by atoms with van der Waals surface area (Å²) in [5, 5.41) is 18.3. The van der Waals surface area contributed by atoms with Crippen LogP contribution in [0.2, 0.25) is 0 Å². The van der Waals surface area contributed by atoms with E-state index in [1.165, 1.54) is 4.68 Å². The molecule has 2 heterocycles. The molecule has 0 aliphatic heterocycles. The molecule has 0 aliphatic rings. The smallest absolute Gasteiger partial charge is 0.283 e. The molecular formula is C11H11N7O2. The largest absolute Gasteiger partial charge is 0.472 e. The van der Waals surface area contributed by atoms with Gasteiger partial charge in [-0.15, -0.1) is 0 Å². The molecule has 20 heavy (non-hydrogen) atoms. The lowest BCUT2D eigenvalue weighted by molar-refractivity contribution is 0.244. The average Bonchev–Trinajstić information content (AvgIpc) is 3.10. The van der Waals surface area contributed by atoms with E-state index in [-0.39, 0.29) is 5.95 Å². The summed E-state index contributed by atoms with van der Waals surface area (Å²) in [7, 11) is 0. The van der Waals surface area contributed by atoms with Gasteiger partial charge in [0.25, 0.3) is 5.88 Å². The summed E-state index contributed by atoms with van der Waals surface area (Å²) < 4.78 is 11.7. The minimum absolute atomic E-state index is 0.232. The molecule has 0 unspecified atom stereocenters. The minimum Gasteiger partial charge on any atom is -0.472 e. The fraction of sp³-hybridized carbons (Fsp3) is 0.182. The summed E-state index contributed by atoms with van der Waals surface area (Å²) in [6.45, 7) is 0.698. The highest BCUT2D eigenvalue weighted by Gasteiger charge is 2.13. The van der Waals surface area contributed by atoms with Gasteiger partial charge in [-0.05, 0) is 20.7 Å². The molecule has 3 aromatic rings. The Balaban J connectivity index is 1.67. The Morgan fingerprint density at radius 1 is 1.20 bits per heavy atom. The molecule has 9 heteroatoms. The lowest BCUT2D eigenvalue weighted by atomic mass is 10.2. The van der Waals surface area contributed by atoms with Gasteiger partial charge < -0.3 is 10.5 Å². The van der Waals surface area contributed by atoms with Gasteiger partial charge in [0.05, 0.1) is 6.54 Å². The molecule has 0 amide bonds. The van der Waals surface area contributed by atoms with Crippen molar-refractivity contribution >= 4 is 5.95 Å². The maximum absolute atomic E-state index is 5.55. The van der Waals surface area contributed by atoms with Crippen molar-refractivity contribution in [2.45, 2.75) is 6.54 Å². The second-order valence-electron chi connectivity index (χ2n) is 3.89. The molecule has 1 aromatic carbocycles. The van der Waals surface area contributed by atoms with Crippen LogP contribution in [0.5, 0.6) is 5.88 Å². The van der Waals surface area contributed by atoms with E-state index in [4.69, 9.17) is 15.1 Å². The van der Waals surface area contributed by atoms with Crippen molar-refractivity contribution in [2.75, 3.05) is 12.3 Å². The van der Waals surface area contributed by atoms with Crippen LogP contribution in [0.1, 0.15) is 0 Å². The van der Waals surface area contributed by atoms with Gasteiger partial charge in [0.1, 0.15) is 6.61 Å². The van der Waals surface area contributed by atoms with Crippen molar-refractivity contribution in [3.8, 4) is 17.1 Å². The topological polar surface area (TPSA) is 118 Å². The standard InChI is InChI=1S/C11H11N7O2/c12-11-13-16-17-18(11)6-7-19-10-9(14-20-15-10)8-4-2-1-3-5-8/h1-5H,6-7H2,(H2,12,13,17). The van der Waals surface area contributed by atoms with Gasteiger partial charge in [0.15, 0.2) is 5.69 Å². The SMILES string of the molecule is Nc1nnnn1CCOc1nonc1-c1ccccc1. The molecule has 0 saturated heterocycles. The number of hydrogen-bond donors (Lipinski definition) is 1. The number of nitrogens with two attached hydrogens (primary N) is 1. The Kier molecular flexibility index (Phi) is 3.23. The molecule has 2 aromatic heterocycles. The van der Waals surface area contributed by atoms with Crippen LogP contribution < -0.4 is 10.5 Å². The molecule has 9 nitrogen and oxygen atoms in total. The van der Waals surface area contributed by atoms with Crippen LogP contribution >= 0.6 is 0 Å². The second kappa shape index (κ2) is 5.34. The predicted octanol–water partition coefficient (Wildman–Crippen LogP) is 0.384. The normalized spacial score (nSPS) is 10.6. The van der Waals surface area contributed by atoms with Crippen molar-refractivity contribution < 1.29 is 9.37 Å².